The van der Waals surface area contributed by atoms with Gasteiger partial charge in [-0.25, -0.2) is 9.97 Å². The van der Waals surface area contributed by atoms with Crippen LogP contribution in [0.3, 0.4) is 0 Å². The largest absolute Gasteiger partial charge is 0.369 e. The van der Waals surface area contributed by atoms with Crippen molar-refractivity contribution in [1.29, 1.82) is 5.26 Å². The molecule has 0 fully saturated rings. The molecule has 2 heterocycles. The van der Waals surface area contributed by atoms with Crippen molar-refractivity contribution in [2.45, 2.75) is 13.3 Å². The number of pyridine rings is 1. The molecule has 0 aromatic carbocycles. The number of hydrogen-bond acceptors (Lipinski definition) is 4. The summed E-state index contributed by atoms with van der Waals surface area (Å²) in [6, 6.07) is 3.99. The van der Waals surface area contributed by atoms with Gasteiger partial charge >= 0.3 is 0 Å². The van der Waals surface area contributed by atoms with Crippen LogP contribution in [0.25, 0.3) is 0 Å². The summed E-state index contributed by atoms with van der Waals surface area (Å²) in [5, 5.41) is 12.2. The summed E-state index contributed by atoms with van der Waals surface area (Å²) >= 11 is 0. The second-order valence-electron chi connectivity index (χ2n) is 3.72. The number of nitriles is 1. The predicted molar refractivity (Wildman–Crippen MR) is 64.5 cm³/mol. The van der Waals surface area contributed by atoms with E-state index < -0.39 is 0 Å². The number of anilines is 1. The Kier molecular flexibility index (Phi) is 3.36. The molecule has 0 amide bonds. The molecule has 5 nitrogen and oxygen atoms in total. The molecule has 2 rings (SSSR count). The highest BCUT2D eigenvalue weighted by Gasteiger charge is 2.05. The highest BCUT2D eigenvalue weighted by molar-refractivity contribution is 5.55. The molecule has 0 bridgehead atoms. The SMILES string of the molecule is Cc1ccnc(NCCc2cnc[nH]2)c1C#N. The summed E-state index contributed by atoms with van der Waals surface area (Å²) in [6.45, 7) is 2.62. The van der Waals surface area contributed by atoms with Crippen molar-refractivity contribution in [3.63, 3.8) is 0 Å². The van der Waals surface area contributed by atoms with Crippen LogP contribution in [0.15, 0.2) is 24.8 Å². The predicted octanol–water partition coefficient (Wildman–Crippen LogP) is 1.64. The molecule has 0 spiro atoms. The summed E-state index contributed by atoms with van der Waals surface area (Å²) < 4.78 is 0. The van der Waals surface area contributed by atoms with E-state index in [1.54, 1.807) is 18.7 Å². The molecule has 0 aliphatic heterocycles. The molecule has 0 saturated carbocycles. The Morgan fingerprint density at radius 3 is 3.12 bits per heavy atom. The van der Waals surface area contributed by atoms with E-state index in [1.807, 2.05) is 13.0 Å². The van der Waals surface area contributed by atoms with Crippen molar-refractivity contribution < 1.29 is 0 Å². The van der Waals surface area contributed by atoms with Gasteiger partial charge in [-0.05, 0) is 18.6 Å². The third kappa shape index (κ3) is 2.61. The molecule has 5 heteroatoms. The van der Waals surface area contributed by atoms with Crippen molar-refractivity contribution in [2.24, 2.45) is 0 Å². The first kappa shape index (κ1) is 11.1. The van der Waals surface area contributed by atoms with Crippen molar-refractivity contribution in [2.75, 3.05) is 11.9 Å². The molecular formula is C12H13N5. The molecule has 2 N–H and O–H groups in total. The number of imidazole rings is 1. The number of hydrogen-bond donors (Lipinski definition) is 2. The van der Waals surface area contributed by atoms with Gasteiger partial charge in [-0.2, -0.15) is 5.26 Å². The van der Waals surface area contributed by atoms with Gasteiger partial charge < -0.3 is 10.3 Å². The fourth-order valence-electron chi connectivity index (χ4n) is 1.57. The zero-order chi connectivity index (χ0) is 12.1. The van der Waals surface area contributed by atoms with Crippen LogP contribution in [0.2, 0.25) is 0 Å². The lowest BCUT2D eigenvalue weighted by atomic mass is 10.1. The number of H-pyrrole nitrogens is 1. The second-order valence-corrected chi connectivity index (χ2v) is 3.72. The topological polar surface area (TPSA) is 77.4 Å². The van der Waals surface area contributed by atoms with Crippen molar-refractivity contribution in [3.8, 4) is 6.07 Å². The lowest BCUT2D eigenvalue weighted by molar-refractivity contribution is 0.966. The maximum absolute atomic E-state index is 9.04. The van der Waals surface area contributed by atoms with E-state index in [0.717, 1.165) is 17.7 Å². The van der Waals surface area contributed by atoms with Gasteiger partial charge in [0.25, 0.3) is 0 Å². The third-order valence-electron chi connectivity index (χ3n) is 2.51. The molecule has 17 heavy (non-hydrogen) atoms. The fraction of sp³-hybridized carbons (Fsp3) is 0.250. The summed E-state index contributed by atoms with van der Waals surface area (Å²) in [5.74, 6) is 0.645. The molecule has 0 radical (unpaired) electrons. The van der Waals surface area contributed by atoms with Crippen molar-refractivity contribution in [3.05, 3.63) is 41.6 Å². The monoisotopic (exact) mass is 227 g/mol. The zero-order valence-electron chi connectivity index (χ0n) is 9.57. The van der Waals surface area contributed by atoms with E-state index in [0.29, 0.717) is 17.9 Å². The van der Waals surface area contributed by atoms with Crippen molar-refractivity contribution in [1.82, 2.24) is 15.0 Å². The van der Waals surface area contributed by atoms with Gasteiger partial charge in [0.2, 0.25) is 0 Å². The third-order valence-corrected chi connectivity index (χ3v) is 2.51. The van der Waals surface area contributed by atoms with Crippen LogP contribution >= 0.6 is 0 Å². The first-order chi connectivity index (χ1) is 8.31. The summed E-state index contributed by atoms with van der Waals surface area (Å²) in [5.41, 5.74) is 2.60. The van der Waals surface area contributed by atoms with Gasteiger partial charge in [-0.15, -0.1) is 0 Å². The summed E-state index contributed by atoms with van der Waals surface area (Å²) in [6.07, 6.45) is 5.96. The van der Waals surface area contributed by atoms with Gasteiger partial charge in [0.15, 0.2) is 0 Å². The van der Waals surface area contributed by atoms with Crippen molar-refractivity contribution >= 4 is 5.82 Å². The molecule has 0 aliphatic rings. The van der Waals surface area contributed by atoms with E-state index in [1.165, 1.54) is 0 Å². The molecule has 0 unspecified atom stereocenters. The van der Waals surface area contributed by atoms with Crippen LogP contribution in [0, 0.1) is 18.3 Å². The first-order valence-corrected chi connectivity index (χ1v) is 5.38. The van der Waals surface area contributed by atoms with Gasteiger partial charge in [0.1, 0.15) is 11.9 Å². The maximum atomic E-state index is 9.04. The lowest BCUT2D eigenvalue weighted by Crippen LogP contribution is -2.08. The lowest BCUT2D eigenvalue weighted by Gasteiger charge is -2.07. The number of aromatic amines is 1. The van der Waals surface area contributed by atoms with E-state index in [2.05, 4.69) is 26.3 Å². The molecule has 2 aromatic rings. The maximum Gasteiger partial charge on any atom is 0.144 e. The average molecular weight is 227 g/mol. The fourth-order valence-corrected chi connectivity index (χ4v) is 1.57. The molecular weight excluding hydrogens is 214 g/mol. The Morgan fingerprint density at radius 2 is 2.41 bits per heavy atom. The quantitative estimate of drug-likeness (QED) is 0.832. The molecule has 0 atom stereocenters. The van der Waals surface area contributed by atoms with Crippen LogP contribution in [0.4, 0.5) is 5.82 Å². The Hall–Kier alpha value is -2.35. The minimum atomic E-state index is 0.608. The van der Waals surface area contributed by atoms with Gasteiger partial charge in [0.05, 0.1) is 11.9 Å². The summed E-state index contributed by atoms with van der Waals surface area (Å²) in [4.78, 5) is 11.1. The molecule has 0 saturated heterocycles. The smallest absolute Gasteiger partial charge is 0.144 e. The number of rotatable bonds is 4. The standard InChI is InChI=1S/C12H13N5/c1-9-2-4-15-12(11(9)6-13)16-5-3-10-7-14-8-17-10/h2,4,7-8H,3,5H2,1H3,(H,14,17)(H,15,16). The van der Waals surface area contributed by atoms with Crippen LogP contribution in [0.5, 0.6) is 0 Å². The Balaban J connectivity index is 2.00. The Labute approximate surface area is 99.5 Å². The highest BCUT2D eigenvalue weighted by atomic mass is 15.0. The minimum absolute atomic E-state index is 0.608. The van der Waals surface area contributed by atoms with Gasteiger partial charge in [-0.1, -0.05) is 0 Å². The van der Waals surface area contributed by atoms with Gasteiger partial charge in [-0.3, -0.25) is 0 Å². The number of aryl methyl sites for hydroxylation is 1. The summed E-state index contributed by atoms with van der Waals surface area (Å²) in [7, 11) is 0. The molecule has 86 valence electrons. The number of nitrogens with one attached hydrogen (secondary N) is 2. The van der Waals surface area contributed by atoms with Crippen LogP contribution in [-0.4, -0.2) is 21.5 Å². The molecule has 0 aliphatic carbocycles. The van der Waals surface area contributed by atoms with E-state index >= 15 is 0 Å². The first-order valence-electron chi connectivity index (χ1n) is 5.38. The number of nitrogens with zero attached hydrogens (tertiary/aromatic N) is 3. The zero-order valence-corrected chi connectivity index (χ0v) is 9.57. The van der Waals surface area contributed by atoms with Crippen LogP contribution in [-0.2, 0) is 6.42 Å². The van der Waals surface area contributed by atoms with E-state index in [4.69, 9.17) is 5.26 Å². The average Bonchev–Trinajstić information content (AvgIpc) is 2.82. The van der Waals surface area contributed by atoms with Crippen LogP contribution < -0.4 is 5.32 Å². The van der Waals surface area contributed by atoms with Gasteiger partial charge in [0, 0.05) is 31.1 Å². The minimum Gasteiger partial charge on any atom is -0.369 e. The van der Waals surface area contributed by atoms with Crippen LogP contribution in [0.1, 0.15) is 16.8 Å². The normalized spacial score (nSPS) is 9.88. The van der Waals surface area contributed by atoms with E-state index in [9.17, 15) is 0 Å². The highest BCUT2D eigenvalue weighted by Crippen LogP contribution is 2.14. The van der Waals surface area contributed by atoms with E-state index in [-0.39, 0.29) is 0 Å². The Morgan fingerprint density at radius 1 is 1.53 bits per heavy atom. The second kappa shape index (κ2) is 5.12. The Bertz CT molecular complexity index is 524. The number of aromatic nitrogens is 3. The molecule has 2 aromatic heterocycles.